The van der Waals surface area contributed by atoms with Crippen molar-refractivity contribution in [1.29, 1.82) is 0 Å². The van der Waals surface area contributed by atoms with E-state index in [2.05, 4.69) is 93.5 Å². The zero-order valence-electron chi connectivity index (χ0n) is 31.6. The molecule has 0 fully saturated rings. The zero-order chi connectivity index (χ0) is 35.3. The van der Waals surface area contributed by atoms with Crippen LogP contribution in [0.1, 0.15) is 93.2 Å². The fourth-order valence-corrected chi connectivity index (χ4v) is 6.66. The lowest BCUT2D eigenvalue weighted by Gasteiger charge is -2.33. The van der Waals surface area contributed by atoms with Gasteiger partial charge in [0.2, 0.25) is 0 Å². The molecule has 48 heavy (non-hydrogen) atoms. The second-order valence-corrected chi connectivity index (χ2v) is 16.4. The lowest BCUT2D eigenvalue weighted by atomic mass is 9.72. The van der Waals surface area contributed by atoms with Gasteiger partial charge in [-0.3, -0.25) is 0 Å². The van der Waals surface area contributed by atoms with Crippen molar-refractivity contribution in [1.82, 2.24) is 0 Å². The van der Waals surface area contributed by atoms with E-state index < -0.39 is 0 Å². The quantitative estimate of drug-likeness (QED) is 0.321. The van der Waals surface area contributed by atoms with Crippen LogP contribution in [0.3, 0.4) is 0 Å². The van der Waals surface area contributed by atoms with Gasteiger partial charge in [0.25, 0.3) is 0 Å². The van der Waals surface area contributed by atoms with E-state index in [-0.39, 0.29) is 21.7 Å². The van der Waals surface area contributed by atoms with E-state index in [1.165, 1.54) is 11.1 Å². The largest absolute Gasteiger partial charge is 0.487 e. The van der Waals surface area contributed by atoms with Gasteiger partial charge in [-0.05, 0) is 69.9 Å². The smallest absolute Gasteiger partial charge is 0.161 e. The lowest BCUT2D eigenvalue weighted by molar-refractivity contribution is 0.0223. The summed E-state index contributed by atoms with van der Waals surface area (Å²) in [6.07, 6.45) is 2.08. The van der Waals surface area contributed by atoms with Crippen LogP contribution in [0.15, 0.2) is 36.4 Å². The Morgan fingerprint density at radius 3 is 0.938 bits per heavy atom. The van der Waals surface area contributed by atoms with Crippen molar-refractivity contribution in [3.63, 3.8) is 0 Å². The molecule has 0 saturated heterocycles. The molecule has 0 atom stereocenters. The van der Waals surface area contributed by atoms with Crippen LogP contribution in [0.4, 0.5) is 0 Å². The van der Waals surface area contributed by atoms with Gasteiger partial charge < -0.3 is 37.9 Å². The molecule has 1 aliphatic rings. The Morgan fingerprint density at radius 1 is 0.375 bits per heavy atom. The van der Waals surface area contributed by atoms with Crippen LogP contribution >= 0.6 is 0 Å². The molecule has 0 radical (unpaired) electrons. The van der Waals surface area contributed by atoms with E-state index in [0.29, 0.717) is 90.8 Å². The normalized spacial score (nSPS) is 17.7. The SMILES string of the molecule is CC(C)(C)CC(C)(C)c1ccc2c(c1)OCCOCCOCCOc1ccc(C(C)(C)CC(C)(C)C)cc1OCCOCCOCCO2. The van der Waals surface area contributed by atoms with Crippen LogP contribution < -0.4 is 18.9 Å². The number of hydrogen-bond acceptors (Lipinski definition) is 8. The summed E-state index contributed by atoms with van der Waals surface area (Å²) in [4.78, 5) is 0. The lowest BCUT2D eigenvalue weighted by Crippen LogP contribution is -2.25. The van der Waals surface area contributed by atoms with Crippen LogP contribution in [-0.4, -0.2) is 79.3 Å². The van der Waals surface area contributed by atoms with Crippen LogP contribution in [0.2, 0.25) is 0 Å². The predicted molar refractivity (Wildman–Crippen MR) is 192 cm³/mol. The Balaban J connectivity index is 1.61. The Bertz CT molecular complexity index is 1130. The number of ether oxygens (including phenoxy) is 8. The van der Waals surface area contributed by atoms with Gasteiger partial charge in [0.15, 0.2) is 23.0 Å². The fraction of sp³-hybridized carbons (Fsp3) is 0.700. The summed E-state index contributed by atoms with van der Waals surface area (Å²) in [7, 11) is 0. The molecule has 272 valence electrons. The summed E-state index contributed by atoms with van der Waals surface area (Å²) in [5, 5.41) is 0. The van der Waals surface area contributed by atoms with Gasteiger partial charge in [-0.1, -0.05) is 81.4 Å². The van der Waals surface area contributed by atoms with Gasteiger partial charge in [-0.15, -0.1) is 0 Å². The molecule has 0 spiro atoms. The Hall–Kier alpha value is -2.52. The van der Waals surface area contributed by atoms with Gasteiger partial charge >= 0.3 is 0 Å². The highest BCUT2D eigenvalue weighted by atomic mass is 16.6. The maximum absolute atomic E-state index is 6.19. The third kappa shape index (κ3) is 14.5. The monoisotopic (exact) mass is 672 g/mol. The molecule has 0 saturated carbocycles. The van der Waals surface area contributed by atoms with Crippen molar-refractivity contribution >= 4 is 0 Å². The standard InChI is InChI=1S/C40H64O8/c1-37(2,3)29-39(7,8)31-11-13-33-35(27-31)47-25-21-43-17-15-42-20-24-46-34-14-12-32(40(9,10)30-38(4,5)6)28-36(34)48-26-22-44-18-16-41-19-23-45-33/h11-14,27-28H,15-26,29-30H2,1-10H3. The molecule has 1 heterocycles. The molecule has 0 amide bonds. The van der Waals surface area contributed by atoms with Crippen molar-refractivity contribution in [2.24, 2.45) is 10.8 Å². The predicted octanol–water partition coefficient (Wildman–Crippen LogP) is 8.41. The van der Waals surface area contributed by atoms with Crippen LogP contribution in [0.5, 0.6) is 23.0 Å². The summed E-state index contributed by atoms with van der Waals surface area (Å²) in [5.41, 5.74) is 2.79. The Labute approximate surface area is 291 Å². The molecule has 2 aromatic carbocycles. The van der Waals surface area contributed by atoms with Crippen LogP contribution in [-0.2, 0) is 29.8 Å². The minimum Gasteiger partial charge on any atom is -0.487 e. The van der Waals surface area contributed by atoms with Gasteiger partial charge in [0, 0.05) is 0 Å². The van der Waals surface area contributed by atoms with E-state index in [0.717, 1.165) is 24.3 Å². The summed E-state index contributed by atoms with van der Waals surface area (Å²) in [5.74, 6) is 2.83. The zero-order valence-corrected chi connectivity index (χ0v) is 31.6. The van der Waals surface area contributed by atoms with Crippen molar-refractivity contribution in [2.45, 2.75) is 92.9 Å². The van der Waals surface area contributed by atoms with Gasteiger partial charge in [-0.2, -0.15) is 0 Å². The van der Waals surface area contributed by atoms with E-state index >= 15 is 0 Å². The van der Waals surface area contributed by atoms with E-state index in [1.807, 2.05) is 12.1 Å². The molecule has 0 bridgehead atoms. The first-order valence-electron chi connectivity index (χ1n) is 17.7. The average molecular weight is 673 g/mol. The molecular weight excluding hydrogens is 608 g/mol. The number of fused-ring (bicyclic) bond motifs is 2. The molecule has 8 heteroatoms. The summed E-state index contributed by atoms with van der Waals surface area (Å²) >= 11 is 0. The molecule has 0 aromatic heterocycles. The molecule has 8 nitrogen and oxygen atoms in total. The van der Waals surface area contributed by atoms with Crippen molar-refractivity contribution in [3.8, 4) is 23.0 Å². The highest BCUT2D eigenvalue weighted by Crippen LogP contribution is 2.41. The first-order valence-corrected chi connectivity index (χ1v) is 17.7. The van der Waals surface area contributed by atoms with Crippen LogP contribution in [0.25, 0.3) is 0 Å². The second-order valence-electron chi connectivity index (χ2n) is 16.4. The molecule has 0 N–H and O–H groups in total. The van der Waals surface area contributed by atoms with E-state index in [1.54, 1.807) is 0 Å². The minimum absolute atomic E-state index is 0.0188. The maximum Gasteiger partial charge on any atom is 0.161 e. The maximum atomic E-state index is 6.19. The summed E-state index contributed by atoms with van der Waals surface area (Å²) < 4.78 is 47.8. The number of benzene rings is 2. The van der Waals surface area contributed by atoms with Crippen molar-refractivity contribution in [3.05, 3.63) is 47.5 Å². The van der Waals surface area contributed by atoms with Gasteiger partial charge in [0.05, 0.1) is 52.9 Å². The number of rotatable bonds is 4. The minimum atomic E-state index is -0.0188. The molecule has 0 unspecified atom stereocenters. The first kappa shape index (κ1) is 39.9. The molecule has 0 aliphatic carbocycles. The highest BCUT2D eigenvalue weighted by molar-refractivity contribution is 5.46. The fourth-order valence-electron chi connectivity index (χ4n) is 6.66. The number of hydrogen-bond donors (Lipinski definition) is 0. The summed E-state index contributed by atoms with van der Waals surface area (Å²) in [6, 6.07) is 12.5. The van der Waals surface area contributed by atoms with Crippen molar-refractivity contribution in [2.75, 3.05) is 79.3 Å². The second kappa shape index (κ2) is 18.5. The molecular formula is C40H64O8. The Morgan fingerprint density at radius 2 is 0.646 bits per heavy atom. The molecule has 2 aromatic rings. The summed E-state index contributed by atoms with van der Waals surface area (Å²) in [6.45, 7) is 28.0. The van der Waals surface area contributed by atoms with Crippen molar-refractivity contribution < 1.29 is 37.9 Å². The van der Waals surface area contributed by atoms with E-state index in [9.17, 15) is 0 Å². The van der Waals surface area contributed by atoms with E-state index in [4.69, 9.17) is 37.9 Å². The first-order chi connectivity index (χ1) is 22.6. The van der Waals surface area contributed by atoms with Crippen LogP contribution in [0, 0.1) is 10.8 Å². The average Bonchev–Trinajstić information content (AvgIpc) is 2.97. The molecule has 1 aliphatic heterocycles. The highest BCUT2D eigenvalue weighted by Gasteiger charge is 2.29. The third-order valence-electron chi connectivity index (χ3n) is 8.08. The topological polar surface area (TPSA) is 73.8 Å². The molecule has 3 rings (SSSR count). The third-order valence-corrected chi connectivity index (χ3v) is 8.08. The van der Waals surface area contributed by atoms with Gasteiger partial charge in [-0.25, -0.2) is 0 Å². The Kier molecular flexibility index (Phi) is 15.4. The van der Waals surface area contributed by atoms with Gasteiger partial charge in [0.1, 0.15) is 26.4 Å².